The second kappa shape index (κ2) is 4.57. The highest BCUT2D eigenvalue weighted by atomic mass is 19.4. The molecule has 10 heteroatoms. The van der Waals surface area contributed by atoms with Gasteiger partial charge in [-0.05, 0) is 12.8 Å². The van der Waals surface area contributed by atoms with Crippen LogP contribution in [0.1, 0.15) is 19.3 Å². The number of carboxylic acids is 1. The van der Waals surface area contributed by atoms with Crippen molar-refractivity contribution in [1.82, 2.24) is 5.32 Å². The summed E-state index contributed by atoms with van der Waals surface area (Å²) in [5, 5.41) is 9.59. The van der Waals surface area contributed by atoms with Gasteiger partial charge in [0, 0.05) is 0 Å². The van der Waals surface area contributed by atoms with Crippen LogP contribution in [-0.2, 0) is 9.59 Å². The molecule has 110 valence electrons. The van der Waals surface area contributed by atoms with Crippen molar-refractivity contribution in [2.75, 3.05) is 0 Å². The predicted octanol–water partition coefficient (Wildman–Crippen LogP) is 1.85. The topological polar surface area (TPSA) is 66.4 Å². The van der Waals surface area contributed by atoms with Crippen molar-refractivity contribution in [3.63, 3.8) is 0 Å². The third-order valence-electron chi connectivity index (χ3n) is 3.14. The second-order valence-electron chi connectivity index (χ2n) is 4.25. The Kier molecular flexibility index (Phi) is 3.74. The molecule has 1 amide bonds. The lowest BCUT2D eigenvalue weighted by molar-refractivity contribution is -0.263. The number of carbonyl (C=O) groups excluding carboxylic acids is 1. The van der Waals surface area contributed by atoms with Gasteiger partial charge in [-0.3, -0.25) is 4.79 Å². The van der Waals surface area contributed by atoms with Crippen molar-refractivity contribution in [3.8, 4) is 0 Å². The third-order valence-corrected chi connectivity index (χ3v) is 3.14. The van der Waals surface area contributed by atoms with Gasteiger partial charge in [0.05, 0.1) is 5.41 Å². The largest absolute Gasteiger partial charge is 0.480 e. The molecule has 1 atom stereocenters. The Bertz CT molecular complexity index is 384. The number of rotatable bonds is 3. The van der Waals surface area contributed by atoms with E-state index in [0.717, 1.165) is 5.32 Å². The monoisotopic (exact) mass is 293 g/mol. The molecular weight excluding hydrogens is 284 g/mol. The van der Waals surface area contributed by atoms with Crippen LogP contribution >= 0.6 is 0 Å². The number of halogens is 6. The molecule has 0 spiro atoms. The highest BCUT2D eigenvalue weighted by Gasteiger charge is 2.65. The Morgan fingerprint density at radius 1 is 1.11 bits per heavy atom. The third kappa shape index (κ3) is 2.76. The lowest BCUT2D eigenvalue weighted by Gasteiger charge is -2.46. The normalized spacial score (nSPS) is 20.3. The molecule has 0 aromatic carbocycles. The average Bonchev–Trinajstić information content (AvgIpc) is 2.09. The SMILES string of the molecule is O=C(O)C(NC(=O)C(F)(F)F)C1(C(F)(F)F)CCC1. The van der Waals surface area contributed by atoms with Gasteiger partial charge >= 0.3 is 24.2 Å². The van der Waals surface area contributed by atoms with Crippen LogP contribution in [0.3, 0.4) is 0 Å². The van der Waals surface area contributed by atoms with E-state index < -0.39 is 48.5 Å². The minimum absolute atomic E-state index is 0.0329. The zero-order valence-corrected chi connectivity index (χ0v) is 9.23. The lowest BCUT2D eigenvalue weighted by Crippen LogP contribution is -2.63. The average molecular weight is 293 g/mol. The number of hydrogen-bond donors (Lipinski definition) is 2. The number of aliphatic carboxylic acids is 1. The second-order valence-corrected chi connectivity index (χ2v) is 4.25. The maximum Gasteiger partial charge on any atom is 0.471 e. The van der Waals surface area contributed by atoms with Crippen LogP contribution in [0.15, 0.2) is 0 Å². The first kappa shape index (κ1) is 15.6. The van der Waals surface area contributed by atoms with Crippen molar-refractivity contribution < 1.29 is 41.0 Å². The molecule has 0 aliphatic heterocycles. The quantitative estimate of drug-likeness (QED) is 0.780. The number of carbonyl (C=O) groups is 2. The summed E-state index contributed by atoms with van der Waals surface area (Å²) in [6.45, 7) is 0. The molecule has 0 radical (unpaired) electrons. The van der Waals surface area contributed by atoms with Gasteiger partial charge in [-0.1, -0.05) is 6.42 Å². The summed E-state index contributed by atoms with van der Waals surface area (Å²) in [6.07, 6.45) is -11.7. The Hall–Kier alpha value is -1.48. The van der Waals surface area contributed by atoms with Crippen LogP contribution in [0.25, 0.3) is 0 Å². The van der Waals surface area contributed by atoms with E-state index in [4.69, 9.17) is 5.11 Å². The summed E-state index contributed by atoms with van der Waals surface area (Å²) < 4.78 is 74.4. The zero-order valence-electron chi connectivity index (χ0n) is 9.23. The van der Waals surface area contributed by atoms with Crippen molar-refractivity contribution >= 4 is 11.9 Å². The Balaban J connectivity index is 3.02. The number of nitrogens with one attached hydrogen (secondary N) is 1. The minimum Gasteiger partial charge on any atom is -0.480 e. The highest BCUT2D eigenvalue weighted by molar-refractivity contribution is 5.87. The van der Waals surface area contributed by atoms with Crippen LogP contribution in [0.2, 0.25) is 0 Å². The first-order valence-electron chi connectivity index (χ1n) is 5.09. The van der Waals surface area contributed by atoms with E-state index in [0.29, 0.717) is 0 Å². The number of amides is 1. The van der Waals surface area contributed by atoms with Gasteiger partial charge < -0.3 is 10.4 Å². The van der Waals surface area contributed by atoms with E-state index in [1.165, 1.54) is 0 Å². The van der Waals surface area contributed by atoms with Crippen molar-refractivity contribution in [2.24, 2.45) is 5.41 Å². The first-order chi connectivity index (χ1) is 8.42. The fourth-order valence-corrected chi connectivity index (χ4v) is 1.94. The molecule has 2 N–H and O–H groups in total. The molecule has 19 heavy (non-hydrogen) atoms. The van der Waals surface area contributed by atoms with Crippen LogP contribution in [-0.4, -0.2) is 35.4 Å². The summed E-state index contributed by atoms with van der Waals surface area (Å²) in [5.41, 5.74) is -2.83. The molecule has 0 bridgehead atoms. The summed E-state index contributed by atoms with van der Waals surface area (Å²) in [6, 6.07) is -2.64. The standard InChI is InChI=1S/C9H9F6NO3/c10-8(11,12)6(19)16-4(5(17)18)7(2-1-3-7)9(13,14)15/h4H,1-3H2,(H,16,19)(H,17,18). The first-order valence-corrected chi connectivity index (χ1v) is 5.09. The van der Waals surface area contributed by atoms with Gasteiger partial charge in [0.1, 0.15) is 6.04 Å². The molecule has 1 fully saturated rings. The number of alkyl halides is 6. The molecule has 1 aliphatic rings. The minimum atomic E-state index is -5.44. The molecule has 1 saturated carbocycles. The molecular formula is C9H9F6NO3. The van der Waals surface area contributed by atoms with E-state index in [1.54, 1.807) is 0 Å². The zero-order chi connectivity index (χ0) is 15.1. The molecule has 1 unspecified atom stereocenters. The maximum atomic E-state index is 12.8. The van der Waals surface area contributed by atoms with Crippen LogP contribution < -0.4 is 5.32 Å². The smallest absolute Gasteiger partial charge is 0.471 e. The predicted molar refractivity (Wildman–Crippen MR) is 48.0 cm³/mol. The lowest BCUT2D eigenvalue weighted by atomic mass is 9.63. The van der Waals surface area contributed by atoms with Gasteiger partial charge in [-0.2, -0.15) is 26.3 Å². The maximum absolute atomic E-state index is 12.8. The van der Waals surface area contributed by atoms with E-state index in [-0.39, 0.29) is 6.42 Å². The molecule has 0 aromatic rings. The van der Waals surface area contributed by atoms with E-state index in [2.05, 4.69) is 0 Å². The molecule has 1 rings (SSSR count). The van der Waals surface area contributed by atoms with E-state index in [1.807, 2.05) is 0 Å². The number of carboxylic acid groups (broad SMARTS) is 1. The molecule has 4 nitrogen and oxygen atoms in total. The van der Waals surface area contributed by atoms with Gasteiger partial charge in [0.2, 0.25) is 0 Å². The van der Waals surface area contributed by atoms with Gasteiger partial charge in [0.25, 0.3) is 0 Å². The molecule has 1 aliphatic carbocycles. The Morgan fingerprint density at radius 3 is 1.79 bits per heavy atom. The van der Waals surface area contributed by atoms with E-state index >= 15 is 0 Å². The van der Waals surface area contributed by atoms with Crippen LogP contribution in [0.4, 0.5) is 26.3 Å². The fourth-order valence-electron chi connectivity index (χ4n) is 1.94. The molecule has 0 heterocycles. The van der Waals surface area contributed by atoms with Gasteiger partial charge in [0.15, 0.2) is 0 Å². The fraction of sp³-hybridized carbons (Fsp3) is 0.778. The van der Waals surface area contributed by atoms with Crippen LogP contribution in [0, 0.1) is 5.41 Å². The van der Waals surface area contributed by atoms with Crippen LogP contribution in [0.5, 0.6) is 0 Å². The Morgan fingerprint density at radius 2 is 1.58 bits per heavy atom. The summed E-state index contributed by atoms with van der Waals surface area (Å²) in [4.78, 5) is 21.4. The summed E-state index contributed by atoms with van der Waals surface area (Å²) >= 11 is 0. The highest BCUT2D eigenvalue weighted by Crippen LogP contribution is 2.55. The van der Waals surface area contributed by atoms with Crippen molar-refractivity contribution in [2.45, 2.75) is 37.7 Å². The van der Waals surface area contributed by atoms with Gasteiger partial charge in [-0.15, -0.1) is 0 Å². The van der Waals surface area contributed by atoms with Crippen molar-refractivity contribution in [3.05, 3.63) is 0 Å². The van der Waals surface area contributed by atoms with Gasteiger partial charge in [-0.25, -0.2) is 4.79 Å². The molecule has 0 aromatic heterocycles. The van der Waals surface area contributed by atoms with Crippen molar-refractivity contribution in [1.29, 1.82) is 0 Å². The molecule has 0 saturated heterocycles. The van der Waals surface area contributed by atoms with E-state index in [9.17, 15) is 35.9 Å². The number of hydrogen-bond acceptors (Lipinski definition) is 2. The Labute approximate surface area is 102 Å². The summed E-state index contributed by atoms with van der Waals surface area (Å²) in [5.74, 6) is -4.84. The summed E-state index contributed by atoms with van der Waals surface area (Å²) in [7, 11) is 0.